The van der Waals surface area contributed by atoms with E-state index in [1.807, 2.05) is 0 Å². The van der Waals surface area contributed by atoms with Crippen molar-refractivity contribution in [1.29, 1.82) is 0 Å². The predicted octanol–water partition coefficient (Wildman–Crippen LogP) is 1.16. The van der Waals surface area contributed by atoms with Crippen molar-refractivity contribution in [3.05, 3.63) is 17.5 Å². The van der Waals surface area contributed by atoms with E-state index in [9.17, 15) is 4.79 Å². The molecule has 0 radical (unpaired) electrons. The molecule has 1 aromatic rings. The van der Waals surface area contributed by atoms with Crippen molar-refractivity contribution >= 4 is 5.97 Å². The number of fused-ring (bicyclic) bond motifs is 1. The van der Waals surface area contributed by atoms with E-state index in [-0.39, 0.29) is 11.1 Å². The van der Waals surface area contributed by atoms with Gasteiger partial charge in [-0.3, -0.25) is 4.68 Å². The Balaban J connectivity index is 2.34. The maximum Gasteiger partial charge on any atom is 0.356 e. The first kappa shape index (κ1) is 8.29. The largest absolute Gasteiger partial charge is 0.476 e. The zero-order valence-electron chi connectivity index (χ0n) is 7.74. The Kier molecular flexibility index (Phi) is 1.49. The molecule has 1 aliphatic rings. The number of rotatable bonds is 1. The molecule has 70 valence electrons. The first-order chi connectivity index (χ1) is 5.98. The summed E-state index contributed by atoms with van der Waals surface area (Å²) in [6, 6.07) is 1.66. The number of aromatic carboxylic acids is 1. The van der Waals surface area contributed by atoms with Gasteiger partial charge in [0.05, 0.1) is 0 Å². The third-order valence-electron chi connectivity index (χ3n) is 2.32. The molecule has 0 aromatic carbocycles. The zero-order valence-corrected chi connectivity index (χ0v) is 7.74. The molecule has 0 bridgehead atoms. The second kappa shape index (κ2) is 2.34. The second-order valence-corrected chi connectivity index (χ2v) is 4.32. The van der Waals surface area contributed by atoms with Crippen LogP contribution in [0.3, 0.4) is 0 Å². The molecule has 4 heteroatoms. The van der Waals surface area contributed by atoms with Gasteiger partial charge in [0.25, 0.3) is 0 Å². The molecule has 1 aliphatic heterocycles. The molecule has 0 fully saturated rings. The van der Waals surface area contributed by atoms with Gasteiger partial charge in [-0.15, -0.1) is 0 Å². The molecule has 0 saturated carbocycles. The SMILES string of the molecule is CC1(C)Cc2cc(C(=O)O)nn2C1. The zero-order chi connectivity index (χ0) is 9.64. The number of hydrogen-bond donors (Lipinski definition) is 1. The molecule has 13 heavy (non-hydrogen) atoms. The third kappa shape index (κ3) is 1.32. The van der Waals surface area contributed by atoms with Crippen LogP contribution in [0.1, 0.15) is 30.0 Å². The van der Waals surface area contributed by atoms with Crippen molar-refractivity contribution < 1.29 is 9.90 Å². The second-order valence-electron chi connectivity index (χ2n) is 4.32. The highest BCUT2D eigenvalue weighted by Gasteiger charge is 2.30. The Morgan fingerprint density at radius 3 is 2.92 bits per heavy atom. The summed E-state index contributed by atoms with van der Waals surface area (Å²) in [6.45, 7) is 5.12. The van der Waals surface area contributed by atoms with E-state index in [2.05, 4.69) is 18.9 Å². The van der Waals surface area contributed by atoms with Crippen LogP contribution in [0, 0.1) is 5.41 Å². The average molecular weight is 180 g/mol. The Morgan fingerprint density at radius 1 is 1.69 bits per heavy atom. The monoisotopic (exact) mass is 180 g/mol. The van der Waals surface area contributed by atoms with Gasteiger partial charge < -0.3 is 5.11 Å². The Labute approximate surface area is 76.2 Å². The third-order valence-corrected chi connectivity index (χ3v) is 2.32. The molecule has 1 N–H and O–H groups in total. The lowest BCUT2D eigenvalue weighted by Crippen LogP contribution is -2.14. The highest BCUT2D eigenvalue weighted by Crippen LogP contribution is 2.31. The van der Waals surface area contributed by atoms with Crippen LogP contribution in [0.2, 0.25) is 0 Å². The van der Waals surface area contributed by atoms with Crippen molar-refractivity contribution in [2.45, 2.75) is 26.8 Å². The van der Waals surface area contributed by atoms with Crippen LogP contribution in [-0.4, -0.2) is 20.9 Å². The van der Waals surface area contributed by atoms with Gasteiger partial charge in [-0.2, -0.15) is 5.10 Å². The van der Waals surface area contributed by atoms with Gasteiger partial charge in [-0.1, -0.05) is 13.8 Å². The van der Waals surface area contributed by atoms with Crippen molar-refractivity contribution in [2.75, 3.05) is 0 Å². The Morgan fingerprint density at radius 2 is 2.38 bits per heavy atom. The highest BCUT2D eigenvalue weighted by molar-refractivity contribution is 5.85. The number of carboxylic acids is 1. The molecule has 0 saturated heterocycles. The number of carbonyl (C=O) groups is 1. The minimum Gasteiger partial charge on any atom is -0.476 e. The number of nitrogens with zero attached hydrogens (tertiary/aromatic N) is 2. The summed E-state index contributed by atoms with van der Waals surface area (Å²) in [5, 5.41) is 12.7. The van der Waals surface area contributed by atoms with Gasteiger partial charge in [0.1, 0.15) is 0 Å². The quantitative estimate of drug-likeness (QED) is 0.705. The van der Waals surface area contributed by atoms with Crippen LogP contribution in [-0.2, 0) is 13.0 Å². The van der Waals surface area contributed by atoms with Crippen molar-refractivity contribution in [3.8, 4) is 0 Å². The van der Waals surface area contributed by atoms with Crippen LogP contribution in [0.5, 0.6) is 0 Å². The molecule has 0 amide bonds. The summed E-state index contributed by atoms with van der Waals surface area (Å²) in [7, 11) is 0. The normalized spacial score (nSPS) is 18.6. The lowest BCUT2D eigenvalue weighted by molar-refractivity contribution is 0.0689. The molecular formula is C9H12N2O2. The Hall–Kier alpha value is -1.32. The fraction of sp³-hybridized carbons (Fsp3) is 0.556. The van der Waals surface area contributed by atoms with Crippen molar-refractivity contribution in [2.24, 2.45) is 5.41 Å². The van der Waals surface area contributed by atoms with Crippen molar-refractivity contribution in [1.82, 2.24) is 9.78 Å². The molecule has 0 unspecified atom stereocenters. The summed E-state index contributed by atoms with van der Waals surface area (Å²) in [5.74, 6) is -0.945. The van der Waals surface area contributed by atoms with Crippen molar-refractivity contribution in [3.63, 3.8) is 0 Å². The molecular weight excluding hydrogens is 168 g/mol. The molecule has 1 aromatic heterocycles. The minimum absolute atomic E-state index is 0.158. The average Bonchev–Trinajstić information content (AvgIpc) is 2.39. The molecule has 0 atom stereocenters. The first-order valence-electron chi connectivity index (χ1n) is 4.28. The molecule has 2 heterocycles. The van der Waals surface area contributed by atoms with Crippen LogP contribution in [0.15, 0.2) is 6.07 Å². The van der Waals surface area contributed by atoms with Crippen LogP contribution >= 0.6 is 0 Å². The number of hydrogen-bond acceptors (Lipinski definition) is 2. The van der Waals surface area contributed by atoms with E-state index in [0.29, 0.717) is 0 Å². The van der Waals surface area contributed by atoms with Gasteiger partial charge in [-0.25, -0.2) is 4.79 Å². The topological polar surface area (TPSA) is 55.1 Å². The van der Waals surface area contributed by atoms with E-state index in [0.717, 1.165) is 18.7 Å². The first-order valence-corrected chi connectivity index (χ1v) is 4.28. The fourth-order valence-electron chi connectivity index (χ4n) is 1.79. The molecule has 2 rings (SSSR count). The van der Waals surface area contributed by atoms with Gasteiger partial charge >= 0.3 is 5.97 Å². The maximum absolute atomic E-state index is 10.6. The lowest BCUT2D eigenvalue weighted by atomic mass is 9.91. The van der Waals surface area contributed by atoms with E-state index in [4.69, 9.17) is 5.11 Å². The van der Waals surface area contributed by atoms with E-state index < -0.39 is 5.97 Å². The van der Waals surface area contributed by atoms with Crippen LogP contribution in [0.25, 0.3) is 0 Å². The summed E-state index contributed by atoms with van der Waals surface area (Å²) in [6.07, 6.45) is 0.910. The summed E-state index contributed by atoms with van der Waals surface area (Å²) in [5.41, 5.74) is 1.41. The summed E-state index contributed by atoms with van der Waals surface area (Å²) < 4.78 is 1.80. The number of carboxylic acid groups (broad SMARTS) is 1. The predicted molar refractivity (Wildman–Crippen MR) is 46.7 cm³/mol. The fourth-order valence-corrected chi connectivity index (χ4v) is 1.79. The minimum atomic E-state index is -0.945. The van der Waals surface area contributed by atoms with Gasteiger partial charge in [0.15, 0.2) is 5.69 Å². The van der Waals surface area contributed by atoms with Gasteiger partial charge in [-0.05, 0) is 17.9 Å². The maximum atomic E-state index is 10.6. The Bertz CT molecular complexity index is 340. The van der Waals surface area contributed by atoms with Crippen LogP contribution in [0.4, 0.5) is 0 Å². The summed E-state index contributed by atoms with van der Waals surface area (Å²) >= 11 is 0. The smallest absolute Gasteiger partial charge is 0.356 e. The highest BCUT2D eigenvalue weighted by atomic mass is 16.4. The molecule has 4 nitrogen and oxygen atoms in total. The van der Waals surface area contributed by atoms with Gasteiger partial charge in [0.2, 0.25) is 0 Å². The number of aromatic nitrogens is 2. The lowest BCUT2D eigenvalue weighted by Gasteiger charge is -2.14. The van der Waals surface area contributed by atoms with Gasteiger partial charge in [0, 0.05) is 12.2 Å². The van der Waals surface area contributed by atoms with E-state index in [1.54, 1.807) is 10.7 Å². The van der Waals surface area contributed by atoms with Crippen LogP contribution < -0.4 is 0 Å². The molecule has 0 aliphatic carbocycles. The summed E-state index contributed by atoms with van der Waals surface area (Å²) in [4.78, 5) is 10.6. The standard InChI is InChI=1S/C9H12N2O2/c1-9(2)4-6-3-7(8(12)13)10-11(6)5-9/h3H,4-5H2,1-2H3,(H,12,13). The van der Waals surface area contributed by atoms with E-state index >= 15 is 0 Å². The van der Waals surface area contributed by atoms with E-state index in [1.165, 1.54) is 0 Å². The molecule has 0 spiro atoms.